The summed E-state index contributed by atoms with van der Waals surface area (Å²) in [5, 5.41) is 11.0. The molecular weight excluding hydrogens is 436 g/mol. The molecule has 2 N–H and O–H groups in total. The Balaban J connectivity index is 1.92. The van der Waals surface area contributed by atoms with Gasteiger partial charge in [-0.2, -0.15) is 0 Å². The zero-order valence-electron chi connectivity index (χ0n) is 15.7. The minimum Gasteiger partial charge on any atom is -0.495 e. The quantitative estimate of drug-likeness (QED) is 0.477. The highest BCUT2D eigenvalue weighted by atomic mass is 32.2. The molecule has 3 rings (SSSR count). The molecule has 0 fully saturated rings. The maximum Gasteiger partial charge on any atom is 0.271 e. The zero-order chi connectivity index (χ0) is 21.9. The number of nitro groups is 1. The van der Waals surface area contributed by atoms with Crippen molar-refractivity contribution in [3.05, 3.63) is 52.6 Å². The Hall–Kier alpha value is -3.19. The zero-order valence-corrected chi connectivity index (χ0v) is 17.4. The maximum absolute atomic E-state index is 12.8. The van der Waals surface area contributed by atoms with Gasteiger partial charge in [-0.05, 0) is 30.7 Å². The molecule has 0 saturated heterocycles. The first-order valence-corrected chi connectivity index (χ1v) is 11.6. The molecular formula is C17H18N4O7S2. The van der Waals surface area contributed by atoms with Crippen LogP contribution in [0.3, 0.4) is 0 Å². The van der Waals surface area contributed by atoms with Gasteiger partial charge < -0.3 is 4.74 Å². The third-order valence-corrected chi connectivity index (χ3v) is 6.95. The summed E-state index contributed by atoms with van der Waals surface area (Å²) in [6, 6.07) is 8.31. The van der Waals surface area contributed by atoms with Gasteiger partial charge in [0.15, 0.2) is 0 Å². The van der Waals surface area contributed by atoms with Gasteiger partial charge in [0.2, 0.25) is 0 Å². The first-order valence-electron chi connectivity index (χ1n) is 8.64. The molecule has 0 aliphatic carbocycles. The van der Waals surface area contributed by atoms with Crippen LogP contribution in [-0.4, -0.2) is 41.2 Å². The number of sulfonamides is 2. The summed E-state index contributed by atoms with van der Waals surface area (Å²) in [6.45, 7) is 0.544. The van der Waals surface area contributed by atoms with Gasteiger partial charge >= 0.3 is 0 Å². The van der Waals surface area contributed by atoms with E-state index >= 15 is 0 Å². The van der Waals surface area contributed by atoms with Crippen LogP contribution in [0.25, 0.3) is 0 Å². The van der Waals surface area contributed by atoms with Crippen molar-refractivity contribution in [1.29, 1.82) is 0 Å². The van der Waals surface area contributed by atoms with Gasteiger partial charge in [0.25, 0.3) is 25.7 Å². The largest absolute Gasteiger partial charge is 0.495 e. The number of nitrogens with one attached hydrogen (secondary N) is 2. The third-order valence-electron chi connectivity index (χ3n) is 4.17. The van der Waals surface area contributed by atoms with Crippen LogP contribution in [0.15, 0.2) is 57.2 Å². The third kappa shape index (κ3) is 4.68. The molecule has 1 heterocycles. The Morgan fingerprint density at radius 1 is 1.07 bits per heavy atom. The number of nitro benzene ring substituents is 1. The molecule has 30 heavy (non-hydrogen) atoms. The smallest absolute Gasteiger partial charge is 0.271 e. The van der Waals surface area contributed by atoms with Crippen molar-refractivity contribution in [2.24, 2.45) is 4.99 Å². The average Bonchev–Trinajstić information content (AvgIpc) is 3.19. The van der Waals surface area contributed by atoms with E-state index in [2.05, 4.69) is 14.4 Å². The summed E-state index contributed by atoms with van der Waals surface area (Å²) in [4.78, 5) is 13.7. The molecule has 0 bridgehead atoms. The lowest BCUT2D eigenvalue weighted by atomic mass is 10.3. The summed E-state index contributed by atoms with van der Waals surface area (Å²) in [6.07, 6.45) is 1.26. The average molecular weight is 454 g/mol. The molecule has 2 aromatic carbocycles. The van der Waals surface area contributed by atoms with Crippen LogP contribution in [0.4, 0.5) is 11.4 Å². The molecule has 0 radical (unpaired) electrons. The highest BCUT2D eigenvalue weighted by Gasteiger charge is 2.24. The van der Waals surface area contributed by atoms with E-state index in [9.17, 15) is 26.9 Å². The Bertz CT molecular complexity index is 1220. The number of benzene rings is 2. The SMILES string of the molecule is COc1ccc([N+](=O)[O-])cc1S(=O)(=O)Nc1cccc(S(=O)(=O)NC2=NCCC2)c1. The normalized spacial score (nSPS) is 14.1. The number of rotatable bonds is 7. The number of methoxy groups -OCH3 is 1. The first-order chi connectivity index (χ1) is 14.1. The van der Waals surface area contributed by atoms with Crippen molar-refractivity contribution in [1.82, 2.24) is 4.72 Å². The minimum atomic E-state index is -4.32. The second kappa shape index (κ2) is 8.28. The molecule has 11 nitrogen and oxygen atoms in total. The molecule has 0 unspecified atom stereocenters. The Labute approximate surface area is 173 Å². The molecule has 0 spiro atoms. The van der Waals surface area contributed by atoms with Crippen molar-refractivity contribution in [3.8, 4) is 5.75 Å². The fourth-order valence-corrected chi connectivity index (χ4v) is 5.14. The van der Waals surface area contributed by atoms with Crippen molar-refractivity contribution in [2.45, 2.75) is 22.6 Å². The summed E-state index contributed by atoms with van der Waals surface area (Å²) < 4.78 is 60.3. The van der Waals surface area contributed by atoms with Gasteiger partial charge in [-0.15, -0.1) is 0 Å². The van der Waals surface area contributed by atoms with E-state index in [1.165, 1.54) is 31.4 Å². The van der Waals surface area contributed by atoms with Crippen LogP contribution in [0.5, 0.6) is 5.75 Å². The monoisotopic (exact) mass is 454 g/mol. The minimum absolute atomic E-state index is 0.0419. The predicted molar refractivity (Wildman–Crippen MR) is 109 cm³/mol. The number of hydrogen-bond acceptors (Lipinski definition) is 8. The van der Waals surface area contributed by atoms with Gasteiger partial charge in [0, 0.05) is 25.1 Å². The van der Waals surface area contributed by atoms with Crippen molar-refractivity contribution >= 4 is 37.3 Å². The van der Waals surface area contributed by atoms with E-state index in [1.807, 2.05) is 0 Å². The fraction of sp³-hybridized carbons (Fsp3) is 0.235. The van der Waals surface area contributed by atoms with E-state index < -0.39 is 35.6 Å². The number of hydrogen-bond donors (Lipinski definition) is 2. The van der Waals surface area contributed by atoms with E-state index in [0.717, 1.165) is 24.6 Å². The van der Waals surface area contributed by atoms with Crippen molar-refractivity contribution < 1.29 is 26.5 Å². The van der Waals surface area contributed by atoms with Gasteiger partial charge in [0.1, 0.15) is 16.5 Å². The van der Waals surface area contributed by atoms with Gasteiger partial charge in [-0.1, -0.05) is 6.07 Å². The predicted octanol–water partition coefficient (Wildman–Crippen LogP) is 1.87. The molecule has 0 amide bonds. The molecule has 1 aliphatic heterocycles. The number of nitrogens with zero attached hydrogens (tertiary/aromatic N) is 2. The summed E-state index contributed by atoms with van der Waals surface area (Å²) >= 11 is 0. The second-order valence-corrected chi connectivity index (χ2v) is 9.60. The van der Waals surface area contributed by atoms with E-state index in [4.69, 9.17) is 4.74 Å². The first kappa shape index (κ1) is 21.5. The molecule has 13 heteroatoms. The highest BCUT2D eigenvalue weighted by molar-refractivity contribution is 7.93. The summed E-state index contributed by atoms with van der Waals surface area (Å²) in [5.41, 5.74) is -0.478. The van der Waals surface area contributed by atoms with E-state index in [0.29, 0.717) is 18.8 Å². The highest BCUT2D eigenvalue weighted by Crippen LogP contribution is 2.30. The van der Waals surface area contributed by atoms with Crippen LogP contribution >= 0.6 is 0 Å². The lowest BCUT2D eigenvalue weighted by Crippen LogP contribution is -2.29. The number of non-ortho nitro benzene ring substituents is 1. The van der Waals surface area contributed by atoms with Gasteiger partial charge in [0.05, 0.1) is 22.6 Å². The lowest BCUT2D eigenvalue weighted by molar-refractivity contribution is -0.385. The van der Waals surface area contributed by atoms with Crippen LogP contribution < -0.4 is 14.2 Å². The van der Waals surface area contributed by atoms with Crippen LogP contribution in [0, 0.1) is 10.1 Å². The second-order valence-electron chi connectivity index (χ2n) is 6.26. The Morgan fingerprint density at radius 2 is 1.83 bits per heavy atom. The number of ether oxygens (including phenoxy) is 1. The van der Waals surface area contributed by atoms with Crippen molar-refractivity contribution in [3.63, 3.8) is 0 Å². The number of aliphatic imine (C=N–C) groups is 1. The van der Waals surface area contributed by atoms with Gasteiger partial charge in [-0.25, -0.2) is 16.8 Å². The molecule has 2 aromatic rings. The molecule has 0 saturated carbocycles. The topological polar surface area (TPSA) is 157 Å². The van der Waals surface area contributed by atoms with E-state index in [1.54, 1.807) is 0 Å². The number of amidine groups is 1. The number of anilines is 1. The lowest BCUT2D eigenvalue weighted by Gasteiger charge is -2.13. The fourth-order valence-electron chi connectivity index (χ4n) is 2.76. The molecule has 0 atom stereocenters. The van der Waals surface area contributed by atoms with Crippen LogP contribution in [-0.2, 0) is 20.0 Å². The standard InChI is InChI=1S/C17H18N4O7S2/c1-28-15-8-7-13(21(22)23)11-16(15)30(26,27)19-12-4-2-5-14(10-12)29(24,25)20-17-6-3-9-18-17/h2,4-5,7-8,10-11,19H,3,6,9H2,1H3,(H,18,20). The molecule has 160 valence electrons. The Morgan fingerprint density at radius 3 is 2.47 bits per heavy atom. The molecule has 1 aliphatic rings. The van der Waals surface area contributed by atoms with Crippen molar-refractivity contribution in [2.75, 3.05) is 18.4 Å². The van der Waals surface area contributed by atoms with E-state index in [-0.39, 0.29) is 16.3 Å². The maximum atomic E-state index is 12.8. The Kier molecular flexibility index (Phi) is 5.94. The summed E-state index contributed by atoms with van der Waals surface area (Å²) in [7, 11) is -7.03. The van der Waals surface area contributed by atoms with Gasteiger partial charge in [-0.3, -0.25) is 24.6 Å². The molecule has 0 aromatic heterocycles. The van der Waals surface area contributed by atoms with Crippen LogP contribution in [0.2, 0.25) is 0 Å². The summed E-state index contributed by atoms with van der Waals surface area (Å²) in [5.74, 6) is 0.250. The van der Waals surface area contributed by atoms with Crippen LogP contribution in [0.1, 0.15) is 12.8 Å².